The van der Waals surface area contributed by atoms with E-state index in [2.05, 4.69) is 25.0 Å². The average Bonchev–Trinajstić information content (AvgIpc) is 3.21. The fraction of sp³-hybridized carbons (Fsp3) is 0.533. The number of hydrogen-bond donors (Lipinski definition) is 0. The van der Waals surface area contributed by atoms with Gasteiger partial charge in [0.05, 0.1) is 18.9 Å². The monoisotopic (exact) mass is 302 g/mol. The Bertz CT molecular complexity index is 617. The molecule has 0 radical (unpaired) electrons. The molecule has 2 fully saturated rings. The Morgan fingerprint density at radius 2 is 1.73 bits per heavy atom. The molecule has 0 N–H and O–H groups in total. The van der Waals surface area contributed by atoms with Crippen LogP contribution in [0.5, 0.6) is 0 Å². The van der Waals surface area contributed by atoms with Crippen molar-refractivity contribution in [1.29, 1.82) is 0 Å². The summed E-state index contributed by atoms with van der Waals surface area (Å²) in [5.74, 6) is 1.49. The maximum absolute atomic E-state index is 13.8. The Hall–Kier alpha value is -2.02. The summed E-state index contributed by atoms with van der Waals surface area (Å²) in [6.07, 6.45) is 5.08. The van der Waals surface area contributed by atoms with Gasteiger partial charge in [0.1, 0.15) is 0 Å². The van der Waals surface area contributed by atoms with E-state index in [1.807, 2.05) is 0 Å². The van der Waals surface area contributed by atoms with E-state index >= 15 is 0 Å². The van der Waals surface area contributed by atoms with Crippen LogP contribution in [0, 0.1) is 17.7 Å². The molecule has 4 rings (SSSR count). The molecule has 4 heterocycles. The minimum Gasteiger partial charge on any atom is -0.354 e. The molecule has 2 aliphatic rings. The smallest absolute Gasteiger partial charge is 0.165 e. The van der Waals surface area contributed by atoms with Crippen molar-refractivity contribution in [2.75, 3.05) is 37.6 Å². The molecule has 2 aromatic heterocycles. The van der Waals surface area contributed by atoms with Crippen LogP contribution in [0.3, 0.4) is 0 Å². The summed E-state index contributed by atoms with van der Waals surface area (Å²) in [4.78, 5) is 10.5. The van der Waals surface area contributed by atoms with Gasteiger partial charge in [-0.3, -0.25) is 0 Å². The largest absolute Gasteiger partial charge is 0.354 e. The molecular weight excluding hydrogens is 283 g/mol. The number of fused-ring (bicyclic) bond motifs is 1. The second-order valence-electron chi connectivity index (χ2n) is 6.12. The molecule has 7 heteroatoms. The van der Waals surface area contributed by atoms with E-state index in [9.17, 15) is 4.39 Å². The highest BCUT2D eigenvalue weighted by atomic mass is 19.1. The van der Waals surface area contributed by atoms with Gasteiger partial charge in [-0.25, -0.2) is 9.37 Å². The molecule has 2 aromatic rings. The minimum atomic E-state index is -0.218. The van der Waals surface area contributed by atoms with E-state index in [1.165, 1.54) is 6.07 Å². The van der Waals surface area contributed by atoms with Crippen molar-refractivity contribution in [1.82, 2.24) is 24.9 Å². The molecule has 22 heavy (non-hydrogen) atoms. The number of anilines is 1. The average molecular weight is 302 g/mol. The van der Waals surface area contributed by atoms with Gasteiger partial charge in [0, 0.05) is 38.9 Å². The van der Waals surface area contributed by atoms with E-state index in [0.29, 0.717) is 17.7 Å². The summed E-state index contributed by atoms with van der Waals surface area (Å²) in [6.45, 7) is 5.72. The number of pyridine rings is 1. The van der Waals surface area contributed by atoms with Crippen molar-refractivity contribution in [3.63, 3.8) is 0 Å². The van der Waals surface area contributed by atoms with Gasteiger partial charge in [-0.2, -0.15) is 15.0 Å². The number of rotatable bonds is 4. The molecule has 2 atom stereocenters. The van der Waals surface area contributed by atoms with E-state index < -0.39 is 0 Å². The van der Waals surface area contributed by atoms with Crippen LogP contribution < -0.4 is 4.90 Å². The summed E-state index contributed by atoms with van der Waals surface area (Å²) in [5.41, 5.74) is 0. The third-order valence-corrected chi connectivity index (χ3v) is 4.68. The Labute approximate surface area is 128 Å². The van der Waals surface area contributed by atoms with Gasteiger partial charge in [0.15, 0.2) is 11.6 Å². The van der Waals surface area contributed by atoms with E-state index in [-0.39, 0.29) is 5.82 Å². The quantitative estimate of drug-likeness (QED) is 0.839. The molecule has 2 aliphatic heterocycles. The Kier molecular flexibility index (Phi) is 3.49. The van der Waals surface area contributed by atoms with Crippen LogP contribution in [0.15, 0.2) is 30.7 Å². The van der Waals surface area contributed by atoms with Crippen LogP contribution in [0.1, 0.15) is 0 Å². The minimum absolute atomic E-state index is 0.218. The van der Waals surface area contributed by atoms with Crippen LogP contribution >= 0.6 is 0 Å². The first-order valence-corrected chi connectivity index (χ1v) is 7.71. The molecule has 2 saturated heterocycles. The zero-order valence-corrected chi connectivity index (χ0v) is 12.3. The molecule has 0 spiro atoms. The highest BCUT2D eigenvalue weighted by Crippen LogP contribution is 2.33. The third kappa shape index (κ3) is 2.56. The first-order chi connectivity index (χ1) is 10.8. The summed E-state index contributed by atoms with van der Waals surface area (Å²) < 4.78 is 13.8. The van der Waals surface area contributed by atoms with E-state index in [4.69, 9.17) is 0 Å². The van der Waals surface area contributed by atoms with Crippen LogP contribution in [-0.2, 0) is 6.54 Å². The van der Waals surface area contributed by atoms with Gasteiger partial charge in [-0.1, -0.05) is 0 Å². The lowest BCUT2D eigenvalue weighted by atomic mass is 10.0. The van der Waals surface area contributed by atoms with Crippen molar-refractivity contribution >= 4 is 5.82 Å². The van der Waals surface area contributed by atoms with E-state index in [1.54, 1.807) is 29.5 Å². The van der Waals surface area contributed by atoms with Gasteiger partial charge < -0.3 is 9.80 Å². The SMILES string of the molecule is Fc1cccnc1N1CC2CN(CCn3nccn3)CC2C1. The maximum atomic E-state index is 13.8. The van der Waals surface area contributed by atoms with Crippen molar-refractivity contribution in [2.24, 2.45) is 11.8 Å². The summed E-state index contributed by atoms with van der Waals surface area (Å²) in [6, 6.07) is 3.13. The van der Waals surface area contributed by atoms with Gasteiger partial charge >= 0.3 is 0 Å². The fourth-order valence-electron chi connectivity index (χ4n) is 3.65. The zero-order chi connectivity index (χ0) is 14.9. The second-order valence-corrected chi connectivity index (χ2v) is 6.12. The van der Waals surface area contributed by atoms with Crippen LogP contribution in [-0.4, -0.2) is 57.6 Å². The number of hydrogen-bond acceptors (Lipinski definition) is 5. The Balaban J connectivity index is 1.34. The topological polar surface area (TPSA) is 50.1 Å². The number of aromatic nitrogens is 4. The lowest BCUT2D eigenvalue weighted by Crippen LogP contribution is -2.31. The third-order valence-electron chi connectivity index (χ3n) is 4.68. The lowest BCUT2D eigenvalue weighted by Gasteiger charge is -2.22. The molecule has 0 amide bonds. The molecule has 0 bridgehead atoms. The Morgan fingerprint density at radius 1 is 1.00 bits per heavy atom. The fourth-order valence-corrected chi connectivity index (χ4v) is 3.65. The molecule has 6 nitrogen and oxygen atoms in total. The van der Waals surface area contributed by atoms with Crippen molar-refractivity contribution < 1.29 is 4.39 Å². The van der Waals surface area contributed by atoms with Gasteiger partial charge in [-0.05, 0) is 24.0 Å². The zero-order valence-electron chi connectivity index (χ0n) is 12.3. The number of likely N-dealkylation sites (tertiary alicyclic amines) is 1. The Morgan fingerprint density at radius 3 is 2.41 bits per heavy atom. The van der Waals surface area contributed by atoms with E-state index in [0.717, 1.165) is 39.3 Å². The van der Waals surface area contributed by atoms with Crippen LogP contribution in [0.2, 0.25) is 0 Å². The van der Waals surface area contributed by atoms with Gasteiger partial charge in [0.25, 0.3) is 0 Å². The molecular formula is C15H19FN6. The van der Waals surface area contributed by atoms with Crippen LogP contribution in [0.4, 0.5) is 10.2 Å². The summed E-state index contributed by atoms with van der Waals surface area (Å²) in [7, 11) is 0. The van der Waals surface area contributed by atoms with Crippen molar-refractivity contribution in [2.45, 2.75) is 6.54 Å². The molecule has 2 unspecified atom stereocenters. The lowest BCUT2D eigenvalue weighted by molar-refractivity contribution is 0.288. The maximum Gasteiger partial charge on any atom is 0.165 e. The van der Waals surface area contributed by atoms with Crippen molar-refractivity contribution in [3.8, 4) is 0 Å². The number of halogens is 1. The highest BCUT2D eigenvalue weighted by Gasteiger charge is 2.40. The predicted molar refractivity (Wildman–Crippen MR) is 79.9 cm³/mol. The normalized spacial score (nSPS) is 24.9. The standard InChI is InChI=1S/C15H19FN6/c16-14-2-1-3-17-15(14)21-10-12-8-20(9-13(12)11-21)6-7-22-18-4-5-19-22/h1-5,12-13H,6-11H2. The second kappa shape index (κ2) is 5.64. The molecule has 0 aliphatic carbocycles. The first-order valence-electron chi connectivity index (χ1n) is 7.71. The predicted octanol–water partition coefficient (Wildman–Crippen LogP) is 0.880. The molecule has 116 valence electrons. The van der Waals surface area contributed by atoms with Crippen LogP contribution in [0.25, 0.3) is 0 Å². The molecule has 0 aromatic carbocycles. The van der Waals surface area contributed by atoms with Gasteiger partial charge in [-0.15, -0.1) is 0 Å². The molecule has 0 saturated carbocycles. The summed E-state index contributed by atoms with van der Waals surface area (Å²) in [5, 5.41) is 8.26. The first kappa shape index (κ1) is 13.6. The van der Waals surface area contributed by atoms with Gasteiger partial charge in [0.2, 0.25) is 0 Å². The summed E-state index contributed by atoms with van der Waals surface area (Å²) >= 11 is 0. The van der Waals surface area contributed by atoms with Crippen molar-refractivity contribution in [3.05, 3.63) is 36.5 Å². The number of nitrogens with zero attached hydrogens (tertiary/aromatic N) is 6. The highest BCUT2D eigenvalue weighted by molar-refractivity contribution is 5.41.